The standard InChI is InChI=1S/C32H32F4N4O/c1-37-25-6-4-5-23(19-25)22-9-11-24(12-10-22)31(15-17-40(18-16-31)27-7-2-3-8-27)38-21-30(41)39-26-13-14-29(33)28(20-26)32(34,35)36/h4-6,9-14,19-20,27,38H,2-3,7-8,15-18,21H2,(H,39,41). The third kappa shape index (κ3) is 6.61. The number of rotatable bonds is 7. The van der Waals surface area contributed by atoms with Crippen molar-refractivity contribution in [1.29, 1.82) is 0 Å². The molecule has 5 rings (SSSR count). The topological polar surface area (TPSA) is 48.7 Å². The number of likely N-dealkylation sites (tertiary alicyclic amines) is 1. The van der Waals surface area contributed by atoms with Crippen LogP contribution in [0.2, 0.25) is 0 Å². The van der Waals surface area contributed by atoms with Gasteiger partial charge in [0, 0.05) is 30.4 Å². The number of halogens is 4. The van der Waals surface area contributed by atoms with Crippen molar-refractivity contribution in [2.45, 2.75) is 56.3 Å². The van der Waals surface area contributed by atoms with Gasteiger partial charge in [-0.2, -0.15) is 13.2 Å². The predicted octanol–water partition coefficient (Wildman–Crippen LogP) is 7.52. The first-order chi connectivity index (χ1) is 19.7. The van der Waals surface area contributed by atoms with Crippen LogP contribution < -0.4 is 10.6 Å². The molecule has 2 N–H and O–H groups in total. The Hall–Kier alpha value is -3.74. The van der Waals surface area contributed by atoms with Crippen LogP contribution in [0.5, 0.6) is 0 Å². The van der Waals surface area contributed by atoms with Gasteiger partial charge in [-0.05, 0) is 66.6 Å². The van der Waals surface area contributed by atoms with E-state index < -0.39 is 29.0 Å². The summed E-state index contributed by atoms with van der Waals surface area (Å²) in [7, 11) is 0. The molecule has 1 saturated heterocycles. The van der Waals surface area contributed by atoms with Crippen molar-refractivity contribution < 1.29 is 22.4 Å². The summed E-state index contributed by atoms with van der Waals surface area (Å²) in [6.07, 6.45) is 1.61. The number of piperidine rings is 1. The van der Waals surface area contributed by atoms with Gasteiger partial charge in [0.05, 0.1) is 18.7 Å². The van der Waals surface area contributed by atoms with Crippen molar-refractivity contribution in [3.63, 3.8) is 0 Å². The summed E-state index contributed by atoms with van der Waals surface area (Å²) in [4.78, 5) is 18.9. The van der Waals surface area contributed by atoms with Crippen LogP contribution in [0.15, 0.2) is 66.7 Å². The first-order valence-corrected chi connectivity index (χ1v) is 13.9. The van der Waals surface area contributed by atoms with Gasteiger partial charge in [-0.15, -0.1) is 0 Å². The van der Waals surface area contributed by atoms with Crippen LogP contribution in [0.4, 0.5) is 28.9 Å². The molecule has 0 unspecified atom stereocenters. The molecule has 3 aromatic rings. The van der Waals surface area contributed by atoms with Gasteiger partial charge in [0.25, 0.3) is 0 Å². The summed E-state index contributed by atoms with van der Waals surface area (Å²) >= 11 is 0. The Bertz CT molecular complexity index is 1420. The van der Waals surface area contributed by atoms with E-state index in [2.05, 4.69) is 20.4 Å². The van der Waals surface area contributed by atoms with Crippen LogP contribution in [-0.2, 0) is 16.5 Å². The summed E-state index contributed by atoms with van der Waals surface area (Å²) in [5, 5.41) is 5.92. The number of amides is 1. The maximum Gasteiger partial charge on any atom is 0.419 e. The lowest BCUT2D eigenvalue weighted by Crippen LogP contribution is -2.54. The fraction of sp³-hybridized carbons (Fsp3) is 0.375. The first kappa shape index (κ1) is 28.8. The zero-order valence-corrected chi connectivity index (χ0v) is 22.6. The Morgan fingerprint density at radius 3 is 2.34 bits per heavy atom. The Morgan fingerprint density at radius 1 is 0.976 bits per heavy atom. The van der Waals surface area contributed by atoms with Gasteiger partial charge in [0.15, 0.2) is 5.69 Å². The van der Waals surface area contributed by atoms with E-state index in [9.17, 15) is 22.4 Å². The molecule has 0 aromatic heterocycles. The molecule has 1 amide bonds. The van der Waals surface area contributed by atoms with E-state index in [4.69, 9.17) is 6.57 Å². The lowest BCUT2D eigenvalue weighted by atomic mass is 9.79. The second-order valence-corrected chi connectivity index (χ2v) is 10.9. The highest BCUT2D eigenvalue weighted by Gasteiger charge is 2.39. The lowest BCUT2D eigenvalue weighted by molar-refractivity contribution is -0.140. The molecule has 5 nitrogen and oxygen atoms in total. The largest absolute Gasteiger partial charge is 0.419 e. The SMILES string of the molecule is [C-]#[N+]c1cccc(-c2ccc(C3(NCC(=O)Nc4ccc(F)c(C(F)(F)F)c4)CCN(C4CCCC4)CC3)cc2)c1. The Kier molecular flexibility index (Phi) is 8.43. The first-order valence-electron chi connectivity index (χ1n) is 13.9. The van der Waals surface area contributed by atoms with Gasteiger partial charge >= 0.3 is 6.18 Å². The Morgan fingerprint density at radius 2 is 1.68 bits per heavy atom. The number of nitrogens with one attached hydrogen (secondary N) is 2. The van der Waals surface area contributed by atoms with Gasteiger partial charge < -0.3 is 10.2 Å². The fourth-order valence-corrected chi connectivity index (χ4v) is 6.12. The van der Waals surface area contributed by atoms with Gasteiger partial charge in [0.1, 0.15) is 5.82 Å². The predicted molar refractivity (Wildman–Crippen MR) is 151 cm³/mol. The van der Waals surface area contributed by atoms with Crippen molar-refractivity contribution in [2.24, 2.45) is 0 Å². The molecule has 0 spiro atoms. The minimum atomic E-state index is -4.86. The third-order valence-electron chi connectivity index (χ3n) is 8.38. The second-order valence-electron chi connectivity index (χ2n) is 10.9. The van der Waals surface area contributed by atoms with Crippen LogP contribution in [0, 0.1) is 12.4 Å². The summed E-state index contributed by atoms with van der Waals surface area (Å²) < 4.78 is 53.1. The molecule has 1 heterocycles. The molecule has 1 aliphatic carbocycles. The zero-order valence-electron chi connectivity index (χ0n) is 22.6. The monoisotopic (exact) mass is 564 g/mol. The van der Waals surface area contributed by atoms with Gasteiger partial charge in [-0.25, -0.2) is 9.24 Å². The number of carbonyl (C=O) groups excluding carboxylic acids is 1. The lowest BCUT2D eigenvalue weighted by Gasteiger charge is -2.45. The number of anilines is 1. The maximum absolute atomic E-state index is 13.7. The Labute approximate surface area is 237 Å². The average Bonchev–Trinajstić information content (AvgIpc) is 3.52. The quantitative estimate of drug-likeness (QED) is 0.231. The molecular weight excluding hydrogens is 532 g/mol. The molecule has 2 fully saturated rings. The molecule has 2 aliphatic rings. The number of alkyl halides is 3. The van der Waals surface area contributed by atoms with E-state index in [1.807, 2.05) is 42.5 Å². The smallest absolute Gasteiger partial charge is 0.325 e. The summed E-state index contributed by atoms with van der Waals surface area (Å²) in [6.45, 7) is 8.92. The molecule has 9 heteroatoms. The third-order valence-corrected chi connectivity index (χ3v) is 8.38. The minimum Gasteiger partial charge on any atom is -0.325 e. The molecule has 214 valence electrons. The zero-order chi connectivity index (χ0) is 29.0. The van der Waals surface area contributed by atoms with Crippen molar-refractivity contribution in [1.82, 2.24) is 10.2 Å². The molecular formula is C32H32F4N4O. The minimum absolute atomic E-state index is 0.110. The van der Waals surface area contributed by atoms with Crippen molar-refractivity contribution in [3.8, 4) is 11.1 Å². The molecule has 0 atom stereocenters. The van der Waals surface area contributed by atoms with Crippen molar-refractivity contribution >= 4 is 17.3 Å². The maximum atomic E-state index is 13.7. The van der Waals surface area contributed by atoms with Crippen LogP contribution >= 0.6 is 0 Å². The highest BCUT2D eigenvalue weighted by atomic mass is 19.4. The van der Waals surface area contributed by atoms with Crippen LogP contribution in [0.1, 0.15) is 49.7 Å². The highest BCUT2D eigenvalue weighted by molar-refractivity contribution is 5.92. The van der Waals surface area contributed by atoms with Gasteiger partial charge in [0.2, 0.25) is 5.91 Å². The Balaban J connectivity index is 1.33. The number of carbonyl (C=O) groups is 1. The fourth-order valence-electron chi connectivity index (χ4n) is 6.12. The molecule has 41 heavy (non-hydrogen) atoms. The van der Waals surface area contributed by atoms with Crippen LogP contribution in [0.25, 0.3) is 16.0 Å². The molecule has 0 bridgehead atoms. The normalized spacial score (nSPS) is 17.7. The van der Waals surface area contributed by atoms with E-state index >= 15 is 0 Å². The van der Waals surface area contributed by atoms with E-state index in [0.717, 1.165) is 48.7 Å². The van der Waals surface area contributed by atoms with Crippen molar-refractivity contribution in [2.75, 3.05) is 25.0 Å². The molecule has 0 radical (unpaired) electrons. The highest BCUT2D eigenvalue weighted by Crippen LogP contribution is 2.37. The van der Waals surface area contributed by atoms with E-state index in [1.165, 1.54) is 25.7 Å². The summed E-state index contributed by atoms with van der Waals surface area (Å²) in [5.74, 6) is -1.89. The van der Waals surface area contributed by atoms with Crippen LogP contribution in [0.3, 0.4) is 0 Å². The molecule has 3 aromatic carbocycles. The number of hydrogen-bond acceptors (Lipinski definition) is 3. The van der Waals surface area contributed by atoms with Crippen LogP contribution in [-0.4, -0.2) is 36.5 Å². The van der Waals surface area contributed by atoms with Crippen molar-refractivity contribution in [3.05, 3.63) is 95.1 Å². The molecule has 1 saturated carbocycles. The molecule has 1 aliphatic heterocycles. The summed E-state index contributed by atoms with van der Waals surface area (Å²) in [5.41, 5.74) is 1.50. The van der Waals surface area contributed by atoms with E-state index in [1.54, 1.807) is 6.07 Å². The van der Waals surface area contributed by atoms with Gasteiger partial charge in [-0.3, -0.25) is 10.1 Å². The van der Waals surface area contributed by atoms with E-state index in [-0.39, 0.29) is 12.2 Å². The van der Waals surface area contributed by atoms with Gasteiger partial charge in [-0.1, -0.05) is 55.3 Å². The average molecular weight is 565 g/mol. The number of nitrogens with zero attached hydrogens (tertiary/aromatic N) is 2. The summed E-state index contributed by atoms with van der Waals surface area (Å²) in [6, 6.07) is 18.6. The van der Waals surface area contributed by atoms with E-state index in [0.29, 0.717) is 23.9 Å². The number of benzene rings is 3. The second kappa shape index (κ2) is 12.0. The number of hydrogen-bond donors (Lipinski definition) is 2.